The molecule has 2 rings (SSSR count). The first-order valence-electron chi connectivity index (χ1n) is 7.93. The SMILES string of the molecule is CN=C(NCc1cccc2c1OCCCO2)NCC(C)(C)OC.I. The van der Waals surface area contributed by atoms with Gasteiger partial charge < -0.3 is 24.8 Å². The minimum Gasteiger partial charge on any atom is -0.490 e. The monoisotopic (exact) mass is 449 g/mol. The first kappa shape index (κ1) is 20.8. The summed E-state index contributed by atoms with van der Waals surface area (Å²) in [5, 5.41) is 6.57. The fourth-order valence-electron chi connectivity index (χ4n) is 2.16. The second-order valence-corrected chi connectivity index (χ2v) is 6.04. The highest BCUT2D eigenvalue weighted by Gasteiger charge is 2.17. The van der Waals surface area contributed by atoms with Crippen molar-refractivity contribution >= 4 is 29.9 Å². The lowest BCUT2D eigenvalue weighted by Crippen LogP contribution is -2.45. The Bertz CT molecular complexity index is 550. The normalized spacial score (nSPS) is 14.4. The third kappa shape index (κ3) is 6.01. The van der Waals surface area contributed by atoms with Crippen molar-refractivity contribution in [2.75, 3.05) is 33.9 Å². The Kier molecular flexibility index (Phi) is 8.61. The number of halogens is 1. The first-order valence-corrected chi connectivity index (χ1v) is 7.93. The second kappa shape index (κ2) is 9.93. The van der Waals surface area contributed by atoms with Gasteiger partial charge in [-0.3, -0.25) is 4.99 Å². The second-order valence-electron chi connectivity index (χ2n) is 6.04. The molecule has 7 heteroatoms. The molecule has 0 atom stereocenters. The van der Waals surface area contributed by atoms with Crippen LogP contribution in [0.3, 0.4) is 0 Å². The Labute approximate surface area is 161 Å². The number of guanidine groups is 1. The van der Waals surface area contributed by atoms with E-state index in [1.54, 1.807) is 14.2 Å². The van der Waals surface area contributed by atoms with Crippen LogP contribution in [0.25, 0.3) is 0 Å². The van der Waals surface area contributed by atoms with Crippen LogP contribution in [-0.4, -0.2) is 45.5 Å². The fourth-order valence-corrected chi connectivity index (χ4v) is 2.16. The first-order chi connectivity index (χ1) is 11.1. The molecule has 2 N–H and O–H groups in total. The number of methoxy groups -OCH3 is 1. The van der Waals surface area contributed by atoms with Crippen LogP contribution < -0.4 is 20.1 Å². The van der Waals surface area contributed by atoms with Crippen molar-refractivity contribution in [2.24, 2.45) is 4.99 Å². The Hall–Kier alpha value is -1.22. The summed E-state index contributed by atoms with van der Waals surface area (Å²) < 4.78 is 16.9. The molecule has 1 aromatic rings. The highest BCUT2D eigenvalue weighted by Crippen LogP contribution is 2.33. The maximum Gasteiger partial charge on any atom is 0.191 e. The minimum absolute atomic E-state index is 0. The summed E-state index contributed by atoms with van der Waals surface area (Å²) in [7, 11) is 3.45. The number of benzene rings is 1. The predicted octanol–water partition coefficient (Wildman–Crippen LogP) is 2.56. The molecule has 1 aliphatic rings. The lowest BCUT2D eigenvalue weighted by molar-refractivity contribution is 0.0268. The van der Waals surface area contributed by atoms with Crippen molar-refractivity contribution in [2.45, 2.75) is 32.4 Å². The van der Waals surface area contributed by atoms with Crippen LogP contribution in [0.2, 0.25) is 0 Å². The van der Waals surface area contributed by atoms with Gasteiger partial charge in [0.1, 0.15) is 0 Å². The van der Waals surface area contributed by atoms with E-state index in [2.05, 4.69) is 15.6 Å². The van der Waals surface area contributed by atoms with Crippen LogP contribution in [0.1, 0.15) is 25.8 Å². The number of fused-ring (bicyclic) bond motifs is 1. The highest BCUT2D eigenvalue weighted by atomic mass is 127. The molecular weight excluding hydrogens is 421 g/mol. The van der Waals surface area contributed by atoms with E-state index in [1.165, 1.54) is 0 Å². The minimum atomic E-state index is -0.252. The van der Waals surface area contributed by atoms with Crippen molar-refractivity contribution in [1.29, 1.82) is 0 Å². The molecule has 0 spiro atoms. The summed E-state index contributed by atoms with van der Waals surface area (Å²) in [4.78, 5) is 4.24. The van der Waals surface area contributed by atoms with Gasteiger partial charge in [0.2, 0.25) is 0 Å². The maximum atomic E-state index is 5.83. The van der Waals surface area contributed by atoms with Crippen molar-refractivity contribution in [3.63, 3.8) is 0 Å². The van der Waals surface area contributed by atoms with Gasteiger partial charge in [0.25, 0.3) is 0 Å². The Balaban J connectivity index is 0.00000288. The molecule has 1 aromatic carbocycles. The highest BCUT2D eigenvalue weighted by molar-refractivity contribution is 14.0. The smallest absolute Gasteiger partial charge is 0.191 e. The van der Waals surface area contributed by atoms with Crippen LogP contribution >= 0.6 is 24.0 Å². The summed E-state index contributed by atoms with van der Waals surface area (Å²) in [5.74, 6) is 2.36. The van der Waals surface area contributed by atoms with Crippen LogP contribution in [0.5, 0.6) is 11.5 Å². The molecule has 0 aromatic heterocycles. The average Bonchev–Trinajstić information content (AvgIpc) is 2.81. The molecule has 1 heterocycles. The molecule has 0 amide bonds. The molecular formula is C17H28IN3O3. The van der Waals surface area contributed by atoms with Crippen LogP contribution in [0.15, 0.2) is 23.2 Å². The molecule has 0 aliphatic carbocycles. The van der Waals surface area contributed by atoms with E-state index in [9.17, 15) is 0 Å². The van der Waals surface area contributed by atoms with Crippen LogP contribution in [-0.2, 0) is 11.3 Å². The number of nitrogens with zero attached hydrogens (tertiary/aromatic N) is 1. The third-order valence-corrected chi connectivity index (χ3v) is 3.76. The summed E-state index contributed by atoms with van der Waals surface area (Å²) >= 11 is 0. The zero-order chi connectivity index (χ0) is 16.7. The Morgan fingerprint density at radius 1 is 1.25 bits per heavy atom. The average molecular weight is 449 g/mol. The van der Waals surface area contributed by atoms with Crippen molar-refractivity contribution in [3.05, 3.63) is 23.8 Å². The number of hydrogen-bond donors (Lipinski definition) is 2. The standard InChI is InChI=1S/C17H27N3O3.HI/c1-17(2,21-4)12-20-16(18-3)19-11-13-7-5-8-14-15(13)23-10-6-9-22-14;/h5,7-8H,6,9-12H2,1-4H3,(H2,18,19,20);1H. The summed E-state index contributed by atoms with van der Waals surface area (Å²) in [6.45, 7) is 6.69. The summed E-state index contributed by atoms with van der Waals surface area (Å²) in [5.41, 5.74) is 0.802. The van der Waals surface area contributed by atoms with E-state index in [1.807, 2.05) is 32.0 Å². The maximum absolute atomic E-state index is 5.83. The third-order valence-electron chi connectivity index (χ3n) is 3.76. The van der Waals surface area contributed by atoms with Crippen LogP contribution in [0, 0.1) is 0 Å². The summed E-state index contributed by atoms with van der Waals surface area (Å²) in [6, 6.07) is 5.96. The van der Waals surface area contributed by atoms with Gasteiger partial charge in [-0.2, -0.15) is 0 Å². The molecule has 0 unspecified atom stereocenters. The van der Waals surface area contributed by atoms with Gasteiger partial charge in [0, 0.05) is 39.2 Å². The largest absolute Gasteiger partial charge is 0.490 e. The molecule has 0 fully saturated rings. The lowest BCUT2D eigenvalue weighted by Gasteiger charge is -2.24. The zero-order valence-corrected chi connectivity index (χ0v) is 17.2. The number of nitrogens with one attached hydrogen (secondary N) is 2. The lowest BCUT2D eigenvalue weighted by atomic mass is 10.1. The van der Waals surface area contributed by atoms with E-state index >= 15 is 0 Å². The van der Waals surface area contributed by atoms with Crippen molar-refractivity contribution in [1.82, 2.24) is 10.6 Å². The van der Waals surface area contributed by atoms with E-state index in [-0.39, 0.29) is 29.6 Å². The Morgan fingerprint density at radius 2 is 2.00 bits per heavy atom. The molecule has 0 saturated carbocycles. The van der Waals surface area contributed by atoms with E-state index in [0.29, 0.717) is 26.3 Å². The predicted molar refractivity (Wildman–Crippen MR) is 107 cm³/mol. The van der Waals surface area contributed by atoms with Crippen molar-refractivity contribution in [3.8, 4) is 11.5 Å². The quantitative estimate of drug-likeness (QED) is 0.411. The van der Waals surface area contributed by atoms with Gasteiger partial charge >= 0.3 is 0 Å². The number of aliphatic imine (C=N–C) groups is 1. The fraction of sp³-hybridized carbons (Fsp3) is 0.588. The van der Waals surface area contributed by atoms with E-state index < -0.39 is 0 Å². The van der Waals surface area contributed by atoms with E-state index in [4.69, 9.17) is 14.2 Å². The van der Waals surface area contributed by atoms with Gasteiger partial charge in [-0.1, -0.05) is 12.1 Å². The van der Waals surface area contributed by atoms with Gasteiger partial charge in [-0.15, -0.1) is 24.0 Å². The zero-order valence-electron chi connectivity index (χ0n) is 14.8. The number of rotatable bonds is 5. The summed E-state index contributed by atoms with van der Waals surface area (Å²) in [6.07, 6.45) is 0.900. The van der Waals surface area contributed by atoms with Gasteiger partial charge in [-0.25, -0.2) is 0 Å². The van der Waals surface area contributed by atoms with Crippen molar-refractivity contribution < 1.29 is 14.2 Å². The number of ether oxygens (including phenoxy) is 3. The Morgan fingerprint density at radius 3 is 2.71 bits per heavy atom. The van der Waals surface area contributed by atoms with Gasteiger partial charge in [0.15, 0.2) is 17.5 Å². The molecule has 24 heavy (non-hydrogen) atoms. The molecule has 0 saturated heterocycles. The number of para-hydroxylation sites is 1. The van der Waals surface area contributed by atoms with E-state index in [0.717, 1.165) is 29.4 Å². The molecule has 136 valence electrons. The molecule has 1 aliphatic heterocycles. The molecule has 6 nitrogen and oxygen atoms in total. The van der Waals surface area contributed by atoms with Gasteiger partial charge in [0.05, 0.1) is 18.8 Å². The number of hydrogen-bond acceptors (Lipinski definition) is 4. The van der Waals surface area contributed by atoms with Crippen LogP contribution in [0.4, 0.5) is 0 Å². The molecule has 0 radical (unpaired) electrons. The topological polar surface area (TPSA) is 64.1 Å². The van der Waals surface area contributed by atoms with Gasteiger partial charge in [-0.05, 0) is 19.9 Å². The molecule has 0 bridgehead atoms.